The first kappa shape index (κ1) is 12.9. The molecule has 0 bridgehead atoms. The highest BCUT2D eigenvalue weighted by Gasteiger charge is 2.17. The number of ether oxygens (including phenoxy) is 1. The molecule has 13 heavy (non-hydrogen) atoms. The molecule has 0 amide bonds. The molecule has 0 heterocycles. The Hall–Kier alpha value is -0.0800. The lowest BCUT2D eigenvalue weighted by Crippen LogP contribution is -2.23. The molecule has 0 saturated carbocycles. The van der Waals surface area contributed by atoms with E-state index in [0.717, 1.165) is 19.3 Å². The molecule has 0 rings (SSSR count). The zero-order chi connectivity index (χ0) is 10.5. The van der Waals surface area contributed by atoms with Crippen LogP contribution in [-0.2, 0) is 4.74 Å². The van der Waals surface area contributed by atoms with Crippen molar-refractivity contribution in [2.24, 2.45) is 5.92 Å². The Morgan fingerprint density at radius 2 is 1.85 bits per heavy atom. The summed E-state index contributed by atoms with van der Waals surface area (Å²) in [6.07, 6.45) is 2.88. The van der Waals surface area contributed by atoms with E-state index < -0.39 is 0 Å². The number of rotatable bonds is 6. The van der Waals surface area contributed by atoms with Gasteiger partial charge in [0, 0.05) is 7.11 Å². The maximum absolute atomic E-state index is 9.18. The second-order valence-corrected chi connectivity index (χ2v) is 4.69. The van der Waals surface area contributed by atoms with Crippen molar-refractivity contribution in [3.8, 4) is 0 Å². The first-order valence-electron chi connectivity index (χ1n) is 5.10. The Bertz CT molecular complexity index is 130. The van der Waals surface area contributed by atoms with Crippen LogP contribution in [0.15, 0.2) is 0 Å². The molecule has 2 unspecified atom stereocenters. The fraction of sp³-hybridized carbons (Fsp3) is 1.00. The van der Waals surface area contributed by atoms with Gasteiger partial charge in [-0.25, -0.2) is 0 Å². The van der Waals surface area contributed by atoms with Crippen LogP contribution in [0.5, 0.6) is 0 Å². The quantitative estimate of drug-likeness (QED) is 0.694. The van der Waals surface area contributed by atoms with Gasteiger partial charge in [-0.05, 0) is 46.0 Å². The second-order valence-electron chi connectivity index (χ2n) is 4.69. The van der Waals surface area contributed by atoms with Crippen molar-refractivity contribution in [1.82, 2.24) is 0 Å². The normalized spacial score (nSPS) is 17.1. The first-order chi connectivity index (χ1) is 5.87. The van der Waals surface area contributed by atoms with E-state index in [9.17, 15) is 5.11 Å². The molecule has 2 atom stereocenters. The number of hydrogen-bond donors (Lipinski definition) is 1. The van der Waals surface area contributed by atoms with Gasteiger partial charge in [-0.15, -0.1) is 0 Å². The topological polar surface area (TPSA) is 29.5 Å². The Balaban J connectivity index is 3.63. The van der Waals surface area contributed by atoms with Crippen LogP contribution in [0.2, 0.25) is 0 Å². The van der Waals surface area contributed by atoms with E-state index >= 15 is 0 Å². The zero-order valence-corrected chi connectivity index (χ0v) is 9.63. The van der Waals surface area contributed by atoms with Crippen molar-refractivity contribution in [1.29, 1.82) is 0 Å². The monoisotopic (exact) mass is 188 g/mol. The molecule has 0 saturated heterocycles. The van der Waals surface area contributed by atoms with E-state index in [2.05, 4.69) is 20.8 Å². The van der Waals surface area contributed by atoms with E-state index in [0.29, 0.717) is 5.92 Å². The summed E-state index contributed by atoms with van der Waals surface area (Å²) in [4.78, 5) is 0. The summed E-state index contributed by atoms with van der Waals surface area (Å²) >= 11 is 0. The standard InChI is InChI=1S/C11H24O2/c1-9(8-10(2)12)6-7-11(3,4)13-5/h9-10,12H,6-8H2,1-5H3. The van der Waals surface area contributed by atoms with Crippen LogP contribution in [0.3, 0.4) is 0 Å². The van der Waals surface area contributed by atoms with Crippen LogP contribution in [0, 0.1) is 5.92 Å². The van der Waals surface area contributed by atoms with Gasteiger partial charge in [-0.1, -0.05) is 6.92 Å². The van der Waals surface area contributed by atoms with E-state index in [1.165, 1.54) is 0 Å². The Labute approximate surface area is 82.3 Å². The summed E-state index contributed by atoms with van der Waals surface area (Å²) < 4.78 is 5.33. The molecule has 80 valence electrons. The summed E-state index contributed by atoms with van der Waals surface area (Å²) in [7, 11) is 1.75. The van der Waals surface area contributed by atoms with Gasteiger partial charge in [0.15, 0.2) is 0 Å². The van der Waals surface area contributed by atoms with Gasteiger partial charge in [-0.3, -0.25) is 0 Å². The van der Waals surface area contributed by atoms with Crippen LogP contribution in [0.1, 0.15) is 47.0 Å². The first-order valence-corrected chi connectivity index (χ1v) is 5.10. The molecule has 0 aromatic carbocycles. The fourth-order valence-electron chi connectivity index (χ4n) is 1.40. The average Bonchev–Trinajstić information content (AvgIpc) is 2.00. The summed E-state index contributed by atoms with van der Waals surface area (Å²) in [5, 5.41) is 9.18. The van der Waals surface area contributed by atoms with Gasteiger partial charge in [0.1, 0.15) is 0 Å². The van der Waals surface area contributed by atoms with Crippen molar-refractivity contribution >= 4 is 0 Å². The SMILES string of the molecule is COC(C)(C)CCC(C)CC(C)O. The summed E-state index contributed by atoms with van der Waals surface area (Å²) in [6, 6.07) is 0. The lowest BCUT2D eigenvalue weighted by Gasteiger charge is -2.24. The van der Waals surface area contributed by atoms with Crippen molar-refractivity contribution in [2.75, 3.05) is 7.11 Å². The van der Waals surface area contributed by atoms with Crippen molar-refractivity contribution in [3.05, 3.63) is 0 Å². The molecule has 0 fully saturated rings. The maximum atomic E-state index is 9.18. The van der Waals surface area contributed by atoms with Crippen LogP contribution in [-0.4, -0.2) is 23.9 Å². The summed E-state index contributed by atoms with van der Waals surface area (Å²) in [5.41, 5.74) is -0.0209. The minimum absolute atomic E-state index is 0.0209. The predicted molar refractivity (Wildman–Crippen MR) is 55.8 cm³/mol. The molecule has 0 spiro atoms. The van der Waals surface area contributed by atoms with Gasteiger partial charge >= 0.3 is 0 Å². The van der Waals surface area contributed by atoms with Crippen LogP contribution in [0.25, 0.3) is 0 Å². The molecule has 0 aliphatic rings. The van der Waals surface area contributed by atoms with Crippen LogP contribution in [0.4, 0.5) is 0 Å². The largest absolute Gasteiger partial charge is 0.393 e. The van der Waals surface area contributed by atoms with Gasteiger partial charge in [0.25, 0.3) is 0 Å². The summed E-state index contributed by atoms with van der Waals surface area (Å²) in [5.74, 6) is 0.578. The smallest absolute Gasteiger partial charge is 0.0622 e. The molecule has 0 aromatic heterocycles. The number of hydrogen-bond acceptors (Lipinski definition) is 2. The maximum Gasteiger partial charge on any atom is 0.0622 e. The molecule has 2 heteroatoms. The molecule has 0 aromatic rings. The van der Waals surface area contributed by atoms with Gasteiger partial charge in [-0.2, -0.15) is 0 Å². The van der Waals surface area contributed by atoms with Crippen LogP contribution >= 0.6 is 0 Å². The predicted octanol–water partition coefficient (Wildman–Crippen LogP) is 2.60. The van der Waals surface area contributed by atoms with E-state index in [1.807, 2.05) is 6.92 Å². The highest BCUT2D eigenvalue weighted by molar-refractivity contribution is 4.70. The van der Waals surface area contributed by atoms with Gasteiger partial charge in [0.2, 0.25) is 0 Å². The Morgan fingerprint density at radius 1 is 1.31 bits per heavy atom. The number of methoxy groups -OCH3 is 1. The van der Waals surface area contributed by atoms with Gasteiger partial charge < -0.3 is 9.84 Å². The van der Waals surface area contributed by atoms with Crippen molar-refractivity contribution in [3.63, 3.8) is 0 Å². The third-order valence-corrected chi connectivity index (χ3v) is 2.54. The second kappa shape index (κ2) is 5.61. The van der Waals surface area contributed by atoms with E-state index in [4.69, 9.17) is 4.74 Å². The van der Waals surface area contributed by atoms with E-state index in [-0.39, 0.29) is 11.7 Å². The zero-order valence-electron chi connectivity index (χ0n) is 9.63. The number of aliphatic hydroxyl groups excluding tert-OH is 1. The molecule has 2 nitrogen and oxygen atoms in total. The van der Waals surface area contributed by atoms with Crippen molar-refractivity contribution in [2.45, 2.75) is 58.7 Å². The fourth-order valence-corrected chi connectivity index (χ4v) is 1.40. The third kappa shape index (κ3) is 7.03. The highest BCUT2D eigenvalue weighted by Crippen LogP contribution is 2.21. The number of aliphatic hydroxyl groups is 1. The third-order valence-electron chi connectivity index (χ3n) is 2.54. The average molecular weight is 188 g/mol. The molecule has 1 N–H and O–H groups in total. The molecule has 0 aliphatic heterocycles. The minimum Gasteiger partial charge on any atom is -0.393 e. The Kier molecular flexibility index (Phi) is 5.57. The molecule has 0 radical (unpaired) electrons. The minimum atomic E-state index is -0.180. The van der Waals surface area contributed by atoms with Gasteiger partial charge in [0.05, 0.1) is 11.7 Å². The van der Waals surface area contributed by atoms with E-state index in [1.54, 1.807) is 7.11 Å². The molecular formula is C11H24O2. The van der Waals surface area contributed by atoms with Crippen molar-refractivity contribution < 1.29 is 9.84 Å². The molecule has 0 aliphatic carbocycles. The lowest BCUT2D eigenvalue weighted by atomic mass is 9.92. The molecular weight excluding hydrogens is 164 g/mol. The Morgan fingerprint density at radius 3 is 2.23 bits per heavy atom. The highest BCUT2D eigenvalue weighted by atomic mass is 16.5. The summed E-state index contributed by atoms with van der Waals surface area (Å²) in [6.45, 7) is 8.22. The van der Waals surface area contributed by atoms with Crippen LogP contribution < -0.4 is 0 Å². The lowest BCUT2D eigenvalue weighted by molar-refractivity contribution is 0.00922.